The Morgan fingerprint density at radius 3 is 1.30 bits per heavy atom. The summed E-state index contributed by atoms with van der Waals surface area (Å²) in [7, 11) is -9.12. The minimum Gasteiger partial charge on any atom is -0.425 e. The average molecular weight is 641 g/mol. The van der Waals surface area contributed by atoms with E-state index in [1.807, 2.05) is 0 Å². The van der Waals surface area contributed by atoms with Gasteiger partial charge in [0.1, 0.15) is 0 Å². The molecule has 5 nitrogen and oxygen atoms in total. The van der Waals surface area contributed by atoms with E-state index >= 15 is 0 Å². The zero-order chi connectivity index (χ0) is 27.1. The van der Waals surface area contributed by atoms with E-state index in [0.717, 1.165) is 0 Å². The highest BCUT2D eigenvalue weighted by molar-refractivity contribution is 6.88. The highest BCUT2D eigenvalue weighted by Gasteiger charge is 2.63. The largest absolute Gasteiger partial charge is 0.425 e. The van der Waals surface area contributed by atoms with Gasteiger partial charge in [0.15, 0.2) is 0 Å². The molecule has 6 rings (SSSR count). The zero-order valence-electron chi connectivity index (χ0n) is 25.6. The standard InChI is InChI=1S/C30H60O5Si5/c1-6-16-26(17-7-1)38-32-36-31-37-33-39(27-18-8-2-9-19-27,28-20-10-3-11-21-28)35-40(34-38,29-22-12-4-13-23-29)30-24-14-5-15-25-30/h26-30,38H,1-25,36-37H2. The monoisotopic (exact) mass is 640 g/mol. The second kappa shape index (κ2) is 15.2. The van der Waals surface area contributed by atoms with Crippen LogP contribution in [0.15, 0.2) is 0 Å². The number of hydrogen-bond donors (Lipinski definition) is 0. The normalized spacial score (nSPS) is 34.6. The Bertz CT molecular complexity index is 711. The van der Waals surface area contributed by atoms with Crippen LogP contribution in [0.25, 0.3) is 0 Å². The lowest BCUT2D eigenvalue weighted by Crippen LogP contribution is -2.67. The molecular weight excluding hydrogens is 581 g/mol. The predicted molar refractivity (Wildman–Crippen MR) is 175 cm³/mol. The molecule has 5 saturated carbocycles. The molecule has 5 aliphatic carbocycles. The van der Waals surface area contributed by atoms with Crippen molar-refractivity contribution < 1.29 is 20.6 Å². The fourth-order valence-electron chi connectivity index (χ4n) is 9.89. The molecule has 0 aromatic heterocycles. The Morgan fingerprint density at radius 1 is 0.450 bits per heavy atom. The molecule has 0 spiro atoms. The Morgan fingerprint density at radius 2 is 0.850 bits per heavy atom. The number of hydrogen-bond acceptors (Lipinski definition) is 5. The third-order valence-electron chi connectivity index (χ3n) is 12.0. The highest BCUT2D eigenvalue weighted by Crippen LogP contribution is 2.57. The fraction of sp³-hybridized carbons (Fsp3) is 1.00. The molecule has 0 amide bonds. The molecule has 0 radical (unpaired) electrons. The lowest BCUT2D eigenvalue weighted by molar-refractivity contribution is 0.197. The summed E-state index contributed by atoms with van der Waals surface area (Å²) in [6, 6.07) is 0. The summed E-state index contributed by atoms with van der Waals surface area (Å²) < 4.78 is 37.3. The van der Waals surface area contributed by atoms with Crippen LogP contribution in [-0.2, 0) is 20.6 Å². The Kier molecular flexibility index (Phi) is 11.8. The molecule has 10 heteroatoms. The molecule has 1 unspecified atom stereocenters. The van der Waals surface area contributed by atoms with Gasteiger partial charge in [-0.1, -0.05) is 96.3 Å². The van der Waals surface area contributed by atoms with E-state index in [4.69, 9.17) is 20.6 Å². The van der Waals surface area contributed by atoms with Gasteiger partial charge in [-0.15, -0.1) is 0 Å². The number of rotatable bonds is 5. The van der Waals surface area contributed by atoms with Crippen molar-refractivity contribution in [1.29, 1.82) is 0 Å². The topological polar surface area (TPSA) is 46.2 Å². The summed E-state index contributed by atoms with van der Waals surface area (Å²) in [6.07, 6.45) is 34.2. The van der Waals surface area contributed by atoms with Crippen molar-refractivity contribution in [2.75, 3.05) is 0 Å². The maximum atomic E-state index is 8.44. The summed E-state index contributed by atoms with van der Waals surface area (Å²) in [4.78, 5) is 0. The van der Waals surface area contributed by atoms with Crippen molar-refractivity contribution in [2.45, 2.75) is 188 Å². The van der Waals surface area contributed by atoms with E-state index in [9.17, 15) is 0 Å². The maximum Gasteiger partial charge on any atom is 0.326 e. The molecule has 1 heterocycles. The van der Waals surface area contributed by atoms with Crippen LogP contribution in [0, 0.1) is 0 Å². The Balaban J connectivity index is 1.44. The minimum absolute atomic E-state index is 0.665. The SMILES string of the molecule is C1CCC([SiH]2O[SiH2]O[SiH2]O[Si](C3CCCCC3)(C3CCCCC3)O[Si](C3CCCCC3)(C3CCCCC3)O2)CC1. The lowest BCUT2D eigenvalue weighted by Gasteiger charge is -2.56. The summed E-state index contributed by atoms with van der Waals surface area (Å²) in [5.74, 6) is 0. The van der Waals surface area contributed by atoms with Gasteiger partial charge >= 0.3 is 26.4 Å². The van der Waals surface area contributed by atoms with Crippen molar-refractivity contribution >= 4 is 46.4 Å². The third-order valence-corrected chi connectivity index (χ3v) is 30.8. The van der Waals surface area contributed by atoms with Crippen LogP contribution in [0.2, 0.25) is 27.7 Å². The fourth-order valence-corrected chi connectivity index (χ4v) is 34.6. The van der Waals surface area contributed by atoms with Crippen LogP contribution in [0.4, 0.5) is 0 Å². The molecule has 1 saturated heterocycles. The van der Waals surface area contributed by atoms with Crippen molar-refractivity contribution in [3.8, 4) is 0 Å². The minimum atomic E-state index is -2.61. The summed E-state index contributed by atoms with van der Waals surface area (Å²) in [6.45, 7) is 0. The van der Waals surface area contributed by atoms with E-state index in [-0.39, 0.29) is 0 Å². The smallest absolute Gasteiger partial charge is 0.326 e. The van der Waals surface area contributed by atoms with Crippen molar-refractivity contribution in [2.24, 2.45) is 0 Å². The van der Waals surface area contributed by atoms with Gasteiger partial charge in [-0.25, -0.2) is 0 Å². The zero-order valence-corrected chi connectivity index (χ0v) is 31.6. The van der Waals surface area contributed by atoms with Crippen LogP contribution in [0.5, 0.6) is 0 Å². The van der Waals surface area contributed by atoms with Gasteiger partial charge in [0, 0.05) is 22.2 Å². The van der Waals surface area contributed by atoms with Crippen LogP contribution >= 0.6 is 0 Å². The van der Waals surface area contributed by atoms with Crippen LogP contribution < -0.4 is 0 Å². The van der Waals surface area contributed by atoms with Crippen LogP contribution in [-0.4, -0.2) is 46.4 Å². The van der Waals surface area contributed by atoms with Crippen molar-refractivity contribution in [1.82, 2.24) is 0 Å². The van der Waals surface area contributed by atoms with E-state index in [1.165, 1.54) is 161 Å². The third kappa shape index (κ3) is 7.06. The second-order valence-corrected chi connectivity index (χ2v) is 28.7. The average Bonchev–Trinajstić information content (AvgIpc) is 3.05. The summed E-state index contributed by atoms with van der Waals surface area (Å²) in [5, 5.41) is 0. The first-order valence-corrected chi connectivity index (χ1v) is 25.9. The lowest BCUT2D eigenvalue weighted by atomic mass is 9.99. The Hall–Kier alpha value is 0.884. The molecule has 0 N–H and O–H groups in total. The first kappa shape index (κ1) is 30.9. The molecule has 0 aromatic rings. The first-order chi connectivity index (χ1) is 19.8. The molecule has 40 heavy (non-hydrogen) atoms. The van der Waals surface area contributed by atoms with Gasteiger partial charge in [0.2, 0.25) is 0 Å². The molecule has 0 bridgehead atoms. The van der Waals surface area contributed by atoms with Gasteiger partial charge in [0.25, 0.3) is 20.0 Å². The molecule has 1 atom stereocenters. The maximum absolute atomic E-state index is 8.44. The van der Waals surface area contributed by atoms with Gasteiger partial charge in [-0.05, 0) is 69.7 Å². The van der Waals surface area contributed by atoms with Crippen LogP contribution in [0.1, 0.15) is 161 Å². The molecule has 1 aliphatic heterocycles. The summed E-state index contributed by atoms with van der Waals surface area (Å²) in [5.41, 5.74) is 3.34. The van der Waals surface area contributed by atoms with E-state index in [0.29, 0.717) is 27.7 Å². The predicted octanol–water partition coefficient (Wildman–Crippen LogP) is 7.86. The van der Waals surface area contributed by atoms with Gasteiger partial charge in [-0.3, -0.25) is 0 Å². The van der Waals surface area contributed by atoms with E-state index in [2.05, 4.69) is 0 Å². The molecular formula is C30H60O5Si5. The van der Waals surface area contributed by atoms with Crippen molar-refractivity contribution in [3.63, 3.8) is 0 Å². The van der Waals surface area contributed by atoms with Gasteiger partial charge in [-0.2, -0.15) is 0 Å². The van der Waals surface area contributed by atoms with Crippen molar-refractivity contribution in [3.05, 3.63) is 0 Å². The van der Waals surface area contributed by atoms with Crippen LogP contribution in [0.3, 0.4) is 0 Å². The highest BCUT2D eigenvalue weighted by atomic mass is 28.5. The van der Waals surface area contributed by atoms with Gasteiger partial charge in [0.05, 0.1) is 0 Å². The quantitative estimate of drug-likeness (QED) is 0.286. The van der Waals surface area contributed by atoms with Gasteiger partial charge < -0.3 is 20.6 Å². The van der Waals surface area contributed by atoms with E-state index < -0.39 is 46.4 Å². The molecule has 230 valence electrons. The molecule has 0 aromatic carbocycles. The summed E-state index contributed by atoms with van der Waals surface area (Å²) >= 11 is 0. The molecule has 6 fully saturated rings. The van der Waals surface area contributed by atoms with E-state index in [1.54, 1.807) is 0 Å². The second-order valence-electron chi connectivity index (χ2n) is 14.5. The first-order valence-electron chi connectivity index (χ1n) is 18.0. The molecule has 6 aliphatic rings. The Labute approximate surface area is 254 Å².